The van der Waals surface area contributed by atoms with Gasteiger partial charge in [-0.25, -0.2) is 0 Å². The Kier molecular flexibility index (Phi) is 4.81. The maximum atomic E-state index is 11.8. The summed E-state index contributed by atoms with van der Waals surface area (Å²) in [5.41, 5.74) is 1.84. The third-order valence-electron chi connectivity index (χ3n) is 2.63. The molecule has 0 saturated heterocycles. The highest BCUT2D eigenvalue weighted by Crippen LogP contribution is 2.21. The van der Waals surface area contributed by atoms with Gasteiger partial charge in [-0.2, -0.15) is 0 Å². The van der Waals surface area contributed by atoms with Gasteiger partial charge in [-0.3, -0.25) is 4.79 Å². The van der Waals surface area contributed by atoms with Crippen LogP contribution in [0.3, 0.4) is 0 Å². The van der Waals surface area contributed by atoms with Crippen molar-refractivity contribution >= 4 is 23.2 Å². The molecule has 0 aliphatic rings. The number of amides is 1. The van der Waals surface area contributed by atoms with Gasteiger partial charge in [0.15, 0.2) is 0 Å². The fourth-order valence-corrected chi connectivity index (χ4v) is 1.72. The fraction of sp³-hybridized carbons (Fsp3) is 0.462. The summed E-state index contributed by atoms with van der Waals surface area (Å²) in [7, 11) is 0. The number of carbonyl (C=O) groups is 1. The first-order valence-corrected chi connectivity index (χ1v) is 5.99. The van der Waals surface area contributed by atoms with Crippen LogP contribution in [0.25, 0.3) is 0 Å². The van der Waals surface area contributed by atoms with Gasteiger partial charge in [0.2, 0.25) is 5.91 Å². The molecule has 1 atom stereocenters. The summed E-state index contributed by atoms with van der Waals surface area (Å²) in [5, 5.41) is 3.55. The highest BCUT2D eigenvalue weighted by atomic mass is 35.5. The summed E-state index contributed by atoms with van der Waals surface area (Å²) < 4.78 is 0. The zero-order chi connectivity index (χ0) is 12.1. The topological polar surface area (TPSA) is 29.1 Å². The van der Waals surface area contributed by atoms with Gasteiger partial charge >= 0.3 is 0 Å². The molecule has 1 rings (SSSR count). The van der Waals surface area contributed by atoms with Gasteiger partial charge in [0.25, 0.3) is 0 Å². The van der Waals surface area contributed by atoms with Crippen LogP contribution in [0.1, 0.15) is 32.3 Å². The molecule has 0 bridgehead atoms. The molecule has 1 amide bonds. The van der Waals surface area contributed by atoms with Crippen LogP contribution in [-0.4, -0.2) is 5.91 Å². The van der Waals surface area contributed by atoms with Crippen molar-refractivity contribution < 1.29 is 4.79 Å². The van der Waals surface area contributed by atoms with Gasteiger partial charge < -0.3 is 5.32 Å². The average Bonchev–Trinajstić information content (AvgIpc) is 2.23. The first kappa shape index (κ1) is 13.0. The zero-order valence-electron chi connectivity index (χ0n) is 10.0. The van der Waals surface area contributed by atoms with Crippen LogP contribution in [0.15, 0.2) is 18.2 Å². The normalized spacial score (nSPS) is 12.2. The number of hydrogen-bond acceptors (Lipinski definition) is 1. The molecule has 0 fully saturated rings. The number of anilines is 1. The van der Waals surface area contributed by atoms with E-state index in [-0.39, 0.29) is 11.8 Å². The lowest BCUT2D eigenvalue weighted by Gasteiger charge is -2.13. The summed E-state index contributed by atoms with van der Waals surface area (Å²) in [6.45, 7) is 5.98. The molecule has 2 nitrogen and oxygen atoms in total. The van der Waals surface area contributed by atoms with E-state index in [4.69, 9.17) is 11.6 Å². The number of halogens is 1. The maximum absolute atomic E-state index is 11.8. The number of hydrogen-bond donors (Lipinski definition) is 1. The van der Waals surface area contributed by atoms with E-state index in [1.807, 2.05) is 26.0 Å². The molecule has 0 aliphatic heterocycles. The Morgan fingerprint density at radius 2 is 2.19 bits per heavy atom. The molecule has 3 heteroatoms. The molecule has 0 aliphatic carbocycles. The highest BCUT2D eigenvalue weighted by molar-refractivity contribution is 6.31. The lowest BCUT2D eigenvalue weighted by molar-refractivity contribution is -0.119. The Morgan fingerprint density at radius 3 is 2.81 bits per heavy atom. The van der Waals surface area contributed by atoms with E-state index in [0.29, 0.717) is 5.02 Å². The van der Waals surface area contributed by atoms with E-state index < -0.39 is 0 Å². The second-order valence-corrected chi connectivity index (χ2v) is 4.57. The second-order valence-electron chi connectivity index (χ2n) is 4.14. The molecule has 1 aromatic rings. The van der Waals surface area contributed by atoms with Crippen molar-refractivity contribution in [1.82, 2.24) is 0 Å². The minimum Gasteiger partial charge on any atom is -0.326 e. The largest absolute Gasteiger partial charge is 0.326 e. The number of nitrogens with one attached hydrogen (secondary N) is 1. The summed E-state index contributed by atoms with van der Waals surface area (Å²) in [6, 6.07) is 5.51. The molecule has 0 aromatic heterocycles. The van der Waals surface area contributed by atoms with Crippen molar-refractivity contribution in [2.75, 3.05) is 5.32 Å². The van der Waals surface area contributed by atoms with Crippen molar-refractivity contribution in [3.63, 3.8) is 0 Å². The van der Waals surface area contributed by atoms with Gasteiger partial charge in [-0.05, 0) is 31.0 Å². The SMILES string of the molecule is CCC[C@@H](C)C(=O)Nc1cc(Cl)ccc1C. The Labute approximate surface area is 102 Å². The van der Waals surface area contributed by atoms with Crippen molar-refractivity contribution in [1.29, 1.82) is 0 Å². The van der Waals surface area contributed by atoms with E-state index in [1.165, 1.54) is 0 Å². The van der Waals surface area contributed by atoms with Gasteiger partial charge in [0.1, 0.15) is 0 Å². The van der Waals surface area contributed by atoms with Crippen molar-refractivity contribution in [3.8, 4) is 0 Å². The Morgan fingerprint density at radius 1 is 1.50 bits per heavy atom. The zero-order valence-corrected chi connectivity index (χ0v) is 10.8. The summed E-state index contributed by atoms with van der Waals surface area (Å²) in [4.78, 5) is 11.8. The maximum Gasteiger partial charge on any atom is 0.227 e. The molecule has 0 spiro atoms. The monoisotopic (exact) mass is 239 g/mol. The quantitative estimate of drug-likeness (QED) is 0.845. The summed E-state index contributed by atoms with van der Waals surface area (Å²) >= 11 is 5.89. The van der Waals surface area contributed by atoms with Gasteiger partial charge in [-0.15, -0.1) is 0 Å². The number of benzene rings is 1. The molecule has 1 aromatic carbocycles. The van der Waals surface area contributed by atoms with Crippen LogP contribution in [0.5, 0.6) is 0 Å². The second kappa shape index (κ2) is 5.90. The molecule has 88 valence electrons. The van der Waals surface area contributed by atoms with E-state index in [9.17, 15) is 4.79 Å². The van der Waals surface area contributed by atoms with Crippen LogP contribution < -0.4 is 5.32 Å². The first-order valence-electron chi connectivity index (χ1n) is 5.61. The van der Waals surface area contributed by atoms with Crippen molar-refractivity contribution in [2.24, 2.45) is 5.92 Å². The summed E-state index contributed by atoms with van der Waals surface area (Å²) in [6.07, 6.45) is 1.93. The lowest BCUT2D eigenvalue weighted by atomic mass is 10.1. The van der Waals surface area contributed by atoms with Crippen LogP contribution in [0, 0.1) is 12.8 Å². The van der Waals surface area contributed by atoms with Crippen LogP contribution in [0.2, 0.25) is 5.02 Å². The minimum atomic E-state index is 0.0448. The molecule has 0 heterocycles. The van der Waals surface area contributed by atoms with Gasteiger partial charge in [0.05, 0.1) is 0 Å². The van der Waals surface area contributed by atoms with Crippen LogP contribution in [-0.2, 0) is 4.79 Å². The van der Waals surface area contributed by atoms with Crippen molar-refractivity contribution in [3.05, 3.63) is 28.8 Å². The molecular weight excluding hydrogens is 222 g/mol. The van der Waals surface area contributed by atoms with Gasteiger partial charge in [-0.1, -0.05) is 37.9 Å². The van der Waals surface area contributed by atoms with E-state index in [2.05, 4.69) is 12.2 Å². The van der Waals surface area contributed by atoms with E-state index in [1.54, 1.807) is 6.07 Å². The molecule has 16 heavy (non-hydrogen) atoms. The predicted molar refractivity (Wildman–Crippen MR) is 68.9 cm³/mol. The minimum absolute atomic E-state index is 0.0448. The fourth-order valence-electron chi connectivity index (χ4n) is 1.55. The predicted octanol–water partition coefficient (Wildman–Crippen LogP) is 4.02. The van der Waals surface area contributed by atoms with Crippen LogP contribution in [0.4, 0.5) is 5.69 Å². The molecule has 1 N–H and O–H groups in total. The number of rotatable bonds is 4. The number of aryl methyl sites for hydroxylation is 1. The standard InChI is InChI=1S/C13H18ClNO/c1-4-5-10(3)13(16)15-12-8-11(14)7-6-9(12)2/h6-8,10H,4-5H2,1-3H3,(H,15,16)/t10-/m1/s1. The highest BCUT2D eigenvalue weighted by Gasteiger charge is 2.12. The van der Waals surface area contributed by atoms with E-state index >= 15 is 0 Å². The molecule has 0 radical (unpaired) electrons. The smallest absolute Gasteiger partial charge is 0.227 e. The van der Waals surface area contributed by atoms with Crippen LogP contribution >= 0.6 is 11.6 Å². The van der Waals surface area contributed by atoms with Crippen molar-refractivity contribution in [2.45, 2.75) is 33.6 Å². The lowest BCUT2D eigenvalue weighted by Crippen LogP contribution is -2.20. The first-order chi connectivity index (χ1) is 7.54. The van der Waals surface area contributed by atoms with Gasteiger partial charge in [0, 0.05) is 16.6 Å². The Balaban J connectivity index is 2.72. The molecule has 0 saturated carbocycles. The molecule has 0 unspecified atom stereocenters. The summed E-state index contributed by atoms with van der Waals surface area (Å²) in [5.74, 6) is 0.107. The number of carbonyl (C=O) groups excluding carboxylic acids is 1. The third-order valence-corrected chi connectivity index (χ3v) is 2.86. The molecular formula is C13H18ClNO. The van der Waals surface area contributed by atoms with E-state index in [0.717, 1.165) is 24.1 Å². The third kappa shape index (κ3) is 3.53. The Hall–Kier alpha value is -1.02. The Bertz CT molecular complexity index is 376. The average molecular weight is 240 g/mol.